The first-order valence-corrected chi connectivity index (χ1v) is 9.85. The molecular weight excluding hydrogens is 368 g/mol. The maximum atomic E-state index is 12.5. The first-order valence-electron chi connectivity index (χ1n) is 9.85. The quantitative estimate of drug-likeness (QED) is 0.694. The van der Waals surface area contributed by atoms with Crippen molar-refractivity contribution < 1.29 is 9.53 Å². The van der Waals surface area contributed by atoms with E-state index in [1.54, 1.807) is 19.1 Å². The van der Waals surface area contributed by atoms with E-state index >= 15 is 0 Å². The van der Waals surface area contributed by atoms with E-state index in [0.717, 1.165) is 24.5 Å². The highest BCUT2D eigenvalue weighted by molar-refractivity contribution is 5.94. The second-order valence-electron chi connectivity index (χ2n) is 7.10. The van der Waals surface area contributed by atoms with Crippen LogP contribution in [-0.2, 0) is 4.79 Å². The predicted octanol–water partition coefficient (Wildman–Crippen LogP) is 3.06. The number of carbonyl (C=O) groups is 1. The minimum absolute atomic E-state index is 0.205. The molecule has 8 heteroatoms. The Labute approximate surface area is 169 Å². The minimum Gasteiger partial charge on any atom is -0.481 e. The van der Waals surface area contributed by atoms with Crippen LogP contribution in [0.5, 0.6) is 5.75 Å². The van der Waals surface area contributed by atoms with Gasteiger partial charge in [-0.1, -0.05) is 6.07 Å². The lowest BCUT2D eigenvalue weighted by Gasteiger charge is -2.28. The van der Waals surface area contributed by atoms with Gasteiger partial charge in [0.15, 0.2) is 6.10 Å². The summed E-state index contributed by atoms with van der Waals surface area (Å²) in [7, 11) is 0. The van der Waals surface area contributed by atoms with E-state index in [1.807, 2.05) is 24.3 Å². The first-order chi connectivity index (χ1) is 14.2. The van der Waals surface area contributed by atoms with E-state index in [-0.39, 0.29) is 5.91 Å². The third-order valence-corrected chi connectivity index (χ3v) is 4.97. The average Bonchev–Trinajstić information content (AvgIpc) is 3.30. The number of hydrogen-bond donors (Lipinski definition) is 1. The van der Waals surface area contributed by atoms with Gasteiger partial charge >= 0.3 is 0 Å². The summed E-state index contributed by atoms with van der Waals surface area (Å²) < 4.78 is 7.33. The van der Waals surface area contributed by atoms with Gasteiger partial charge < -0.3 is 15.0 Å². The van der Waals surface area contributed by atoms with Gasteiger partial charge in [0, 0.05) is 30.5 Å². The van der Waals surface area contributed by atoms with Gasteiger partial charge in [-0.25, -0.2) is 4.68 Å². The van der Waals surface area contributed by atoms with Crippen molar-refractivity contribution in [1.29, 1.82) is 0 Å². The number of tetrazole rings is 1. The Bertz CT molecular complexity index is 936. The summed E-state index contributed by atoms with van der Waals surface area (Å²) in [4.78, 5) is 14.9. The third-order valence-electron chi connectivity index (χ3n) is 4.97. The molecule has 1 atom stereocenters. The van der Waals surface area contributed by atoms with Crippen LogP contribution in [0.3, 0.4) is 0 Å². The number of hydrogen-bond acceptors (Lipinski definition) is 6. The highest BCUT2D eigenvalue weighted by Gasteiger charge is 2.16. The zero-order valence-corrected chi connectivity index (χ0v) is 16.4. The van der Waals surface area contributed by atoms with Crippen LogP contribution in [0.25, 0.3) is 5.69 Å². The Kier molecular flexibility index (Phi) is 5.69. The number of nitrogens with zero attached hydrogens (tertiary/aromatic N) is 5. The molecule has 3 aromatic rings. The number of nitrogens with one attached hydrogen (secondary N) is 1. The zero-order valence-electron chi connectivity index (χ0n) is 16.4. The lowest BCUT2D eigenvalue weighted by atomic mass is 10.1. The molecule has 1 fully saturated rings. The van der Waals surface area contributed by atoms with E-state index in [0.29, 0.717) is 5.75 Å². The highest BCUT2D eigenvalue weighted by atomic mass is 16.5. The fourth-order valence-corrected chi connectivity index (χ4v) is 3.39. The Balaban J connectivity index is 1.35. The maximum absolute atomic E-state index is 12.5. The summed E-state index contributed by atoms with van der Waals surface area (Å²) in [5.74, 6) is 0.365. The molecule has 2 heterocycles. The number of ether oxygens (including phenoxy) is 1. The molecule has 1 aliphatic rings. The van der Waals surface area contributed by atoms with Crippen molar-refractivity contribution >= 4 is 17.3 Å². The second-order valence-corrected chi connectivity index (χ2v) is 7.10. The molecule has 0 saturated carbocycles. The van der Waals surface area contributed by atoms with Crippen molar-refractivity contribution in [1.82, 2.24) is 20.2 Å². The van der Waals surface area contributed by atoms with Gasteiger partial charge in [-0.3, -0.25) is 4.79 Å². The van der Waals surface area contributed by atoms with Crippen molar-refractivity contribution in [2.24, 2.45) is 0 Å². The summed E-state index contributed by atoms with van der Waals surface area (Å²) >= 11 is 0. The van der Waals surface area contributed by atoms with Gasteiger partial charge in [0.2, 0.25) is 0 Å². The summed E-state index contributed by atoms with van der Waals surface area (Å²) in [5.41, 5.74) is 2.72. The fourth-order valence-electron chi connectivity index (χ4n) is 3.39. The molecule has 29 heavy (non-hydrogen) atoms. The lowest BCUT2D eigenvalue weighted by Crippen LogP contribution is -2.30. The molecule has 1 aromatic heterocycles. The third kappa shape index (κ3) is 4.71. The molecule has 1 aliphatic heterocycles. The van der Waals surface area contributed by atoms with Crippen LogP contribution in [-0.4, -0.2) is 45.3 Å². The summed E-state index contributed by atoms with van der Waals surface area (Å²) in [6, 6.07) is 15.3. The summed E-state index contributed by atoms with van der Waals surface area (Å²) in [5, 5.41) is 14.0. The standard InChI is InChI=1S/C21H24N6O2/c1-16(29-20-7-5-6-19(14-20)27-15-22-24-25-27)21(28)23-17-8-10-18(11-9-17)26-12-3-2-4-13-26/h5-11,14-16H,2-4,12-13H2,1H3,(H,23,28)/t16-/m1/s1. The number of anilines is 2. The minimum atomic E-state index is -0.652. The molecule has 0 unspecified atom stereocenters. The molecule has 1 saturated heterocycles. The molecule has 0 spiro atoms. The Morgan fingerprint density at radius 3 is 2.59 bits per heavy atom. The number of carbonyl (C=O) groups excluding carboxylic acids is 1. The van der Waals surface area contributed by atoms with Gasteiger partial charge in [0.25, 0.3) is 5.91 Å². The number of aromatic nitrogens is 4. The normalized spacial score (nSPS) is 15.0. The van der Waals surface area contributed by atoms with Crippen LogP contribution in [0.4, 0.5) is 11.4 Å². The van der Waals surface area contributed by atoms with Gasteiger partial charge in [-0.05, 0) is 73.0 Å². The molecule has 2 aromatic carbocycles. The van der Waals surface area contributed by atoms with Crippen LogP contribution in [0.1, 0.15) is 26.2 Å². The number of benzene rings is 2. The molecular formula is C21H24N6O2. The molecule has 0 aliphatic carbocycles. The molecule has 150 valence electrons. The highest BCUT2D eigenvalue weighted by Crippen LogP contribution is 2.22. The second kappa shape index (κ2) is 8.72. The largest absolute Gasteiger partial charge is 0.481 e. The van der Waals surface area contributed by atoms with Gasteiger partial charge in [-0.2, -0.15) is 0 Å². The zero-order chi connectivity index (χ0) is 20.1. The average molecular weight is 392 g/mol. The molecule has 0 bridgehead atoms. The van der Waals surface area contributed by atoms with Gasteiger partial charge in [0.1, 0.15) is 12.1 Å². The molecule has 4 rings (SSSR count). The van der Waals surface area contributed by atoms with E-state index < -0.39 is 6.10 Å². The maximum Gasteiger partial charge on any atom is 0.265 e. The lowest BCUT2D eigenvalue weighted by molar-refractivity contribution is -0.122. The van der Waals surface area contributed by atoms with Crippen molar-refractivity contribution in [2.75, 3.05) is 23.3 Å². The molecule has 0 radical (unpaired) electrons. The van der Waals surface area contributed by atoms with Crippen LogP contribution in [0, 0.1) is 0 Å². The monoisotopic (exact) mass is 392 g/mol. The fraction of sp³-hybridized carbons (Fsp3) is 0.333. The van der Waals surface area contributed by atoms with Crippen molar-refractivity contribution in [3.05, 3.63) is 54.9 Å². The molecule has 1 amide bonds. The summed E-state index contributed by atoms with van der Waals surface area (Å²) in [6.45, 7) is 3.92. The molecule has 1 N–H and O–H groups in total. The van der Waals surface area contributed by atoms with E-state index in [2.05, 4.69) is 37.9 Å². The van der Waals surface area contributed by atoms with Crippen molar-refractivity contribution in [3.63, 3.8) is 0 Å². The predicted molar refractivity (Wildman–Crippen MR) is 110 cm³/mol. The number of amides is 1. The van der Waals surface area contributed by atoms with Gasteiger partial charge in [0.05, 0.1) is 5.69 Å². The van der Waals surface area contributed by atoms with E-state index in [4.69, 9.17) is 4.74 Å². The van der Waals surface area contributed by atoms with Crippen LogP contribution >= 0.6 is 0 Å². The van der Waals surface area contributed by atoms with E-state index in [1.165, 1.54) is 36.0 Å². The topological polar surface area (TPSA) is 85.2 Å². The van der Waals surface area contributed by atoms with Crippen molar-refractivity contribution in [3.8, 4) is 11.4 Å². The molecule has 8 nitrogen and oxygen atoms in total. The first kappa shape index (κ1) is 18.9. The Morgan fingerprint density at radius 2 is 1.86 bits per heavy atom. The Hall–Kier alpha value is -3.42. The summed E-state index contributed by atoms with van der Waals surface area (Å²) in [6.07, 6.45) is 4.63. The van der Waals surface area contributed by atoms with Gasteiger partial charge in [-0.15, -0.1) is 5.10 Å². The van der Waals surface area contributed by atoms with Crippen LogP contribution in [0.15, 0.2) is 54.9 Å². The smallest absolute Gasteiger partial charge is 0.265 e. The van der Waals surface area contributed by atoms with Crippen LogP contribution < -0.4 is 15.0 Å². The van der Waals surface area contributed by atoms with Crippen LogP contribution in [0.2, 0.25) is 0 Å². The number of rotatable bonds is 6. The Morgan fingerprint density at radius 1 is 1.07 bits per heavy atom. The SMILES string of the molecule is C[C@@H](Oc1cccc(-n2cnnn2)c1)C(=O)Nc1ccc(N2CCCCC2)cc1. The number of piperidine rings is 1. The van der Waals surface area contributed by atoms with Crippen molar-refractivity contribution in [2.45, 2.75) is 32.3 Å². The van der Waals surface area contributed by atoms with E-state index in [9.17, 15) is 4.79 Å².